The van der Waals surface area contributed by atoms with E-state index in [4.69, 9.17) is 9.16 Å². The van der Waals surface area contributed by atoms with Gasteiger partial charge in [-0.25, -0.2) is 0 Å². The van der Waals surface area contributed by atoms with Crippen LogP contribution in [0.5, 0.6) is 0 Å². The molecule has 2 fully saturated rings. The molecule has 100 valence electrons. The molecule has 2 saturated heterocycles. The summed E-state index contributed by atoms with van der Waals surface area (Å²) in [6, 6.07) is 1.47. The van der Waals surface area contributed by atoms with Crippen molar-refractivity contribution in [1.82, 2.24) is 0 Å². The molecule has 0 amide bonds. The van der Waals surface area contributed by atoms with Gasteiger partial charge in [0.05, 0.1) is 20.3 Å². The molecule has 2 rings (SSSR count). The number of ether oxygens (including phenoxy) is 1. The molecule has 0 spiro atoms. The smallest absolute Gasteiger partial charge is 0.174 e. The lowest BCUT2D eigenvalue weighted by Crippen LogP contribution is -2.62. The van der Waals surface area contributed by atoms with Gasteiger partial charge < -0.3 is 9.16 Å². The molecule has 2 aliphatic heterocycles. The van der Waals surface area contributed by atoms with Crippen molar-refractivity contribution < 1.29 is 9.16 Å². The Balaban J connectivity index is 1.97. The highest BCUT2D eigenvalue weighted by Gasteiger charge is 2.49. The first-order valence-electron chi connectivity index (χ1n) is 7.15. The normalized spacial score (nSPS) is 36.5. The van der Waals surface area contributed by atoms with Gasteiger partial charge in [-0.1, -0.05) is 32.5 Å². The van der Waals surface area contributed by atoms with Gasteiger partial charge in [-0.05, 0) is 31.9 Å². The van der Waals surface area contributed by atoms with Crippen LogP contribution in [0.4, 0.5) is 0 Å². The van der Waals surface area contributed by atoms with Gasteiger partial charge in [0.15, 0.2) is 7.83 Å². The minimum atomic E-state index is -1.39. The summed E-state index contributed by atoms with van der Waals surface area (Å²) < 4.78 is 12.0. The summed E-state index contributed by atoms with van der Waals surface area (Å²) >= 11 is 0. The Morgan fingerprint density at radius 3 is 2.35 bits per heavy atom. The standard InChI is InChI=1S/C13H28O2Si2/c1-6-11(9-12-10-14-12)13-7-8-16(2,3)17(4,5)15-13/h11-13H,6-10H2,1-5H3. The lowest BCUT2D eigenvalue weighted by atomic mass is 9.93. The van der Waals surface area contributed by atoms with Gasteiger partial charge in [0.25, 0.3) is 0 Å². The quantitative estimate of drug-likeness (QED) is 0.576. The molecule has 0 aliphatic carbocycles. The van der Waals surface area contributed by atoms with Crippen molar-refractivity contribution in [3.63, 3.8) is 0 Å². The Bertz CT molecular complexity index is 275. The third kappa shape index (κ3) is 3.03. The van der Waals surface area contributed by atoms with E-state index >= 15 is 0 Å². The fourth-order valence-corrected chi connectivity index (χ4v) is 9.50. The predicted octanol–water partition coefficient (Wildman–Crippen LogP) is 3.58. The fraction of sp³-hybridized carbons (Fsp3) is 1.00. The zero-order valence-corrected chi connectivity index (χ0v) is 14.1. The minimum Gasteiger partial charge on any atom is -0.417 e. The molecular weight excluding hydrogens is 244 g/mol. The van der Waals surface area contributed by atoms with Gasteiger partial charge in [-0.3, -0.25) is 0 Å². The molecular formula is C13H28O2Si2. The highest BCUT2D eigenvalue weighted by molar-refractivity contribution is 7.38. The van der Waals surface area contributed by atoms with Crippen LogP contribution < -0.4 is 0 Å². The number of rotatable bonds is 4. The molecule has 0 radical (unpaired) electrons. The minimum absolute atomic E-state index is 0.534. The third-order valence-electron chi connectivity index (χ3n) is 5.15. The maximum atomic E-state index is 6.62. The summed E-state index contributed by atoms with van der Waals surface area (Å²) in [7, 11) is -2.45. The van der Waals surface area contributed by atoms with E-state index in [2.05, 4.69) is 33.1 Å². The van der Waals surface area contributed by atoms with E-state index in [1.165, 1.54) is 25.3 Å². The van der Waals surface area contributed by atoms with E-state index in [1.54, 1.807) is 0 Å². The van der Waals surface area contributed by atoms with Crippen molar-refractivity contribution in [3.8, 4) is 0 Å². The Hall–Kier alpha value is 0.354. The molecule has 3 unspecified atom stereocenters. The molecule has 0 aromatic carbocycles. The first kappa shape index (κ1) is 13.8. The Labute approximate surface area is 108 Å². The number of hydrogen-bond donors (Lipinski definition) is 0. The van der Waals surface area contributed by atoms with Crippen LogP contribution in [0.25, 0.3) is 0 Å². The summed E-state index contributed by atoms with van der Waals surface area (Å²) in [4.78, 5) is 0. The summed E-state index contributed by atoms with van der Waals surface area (Å²) in [5.41, 5.74) is 0. The van der Waals surface area contributed by atoms with Crippen LogP contribution in [0.3, 0.4) is 0 Å². The van der Waals surface area contributed by atoms with Crippen molar-refractivity contribution in [2.75, 3.05) is 6.61 Å². The molecule has 0 aromatic heterocycles. The Kier molecular flexibility index (Phi) is 3.89. The molecule has 2 heterocycles. The second-order valence-corrected chi connectivity index (χ2v) is 22.1. The Morgan fingerprint density at radius 2 is 1.88 bits per heavy atom. The maximum absolute atomic E-state index is 6.62. The van der Waals surface area contributed by atoms with E-state index in [-0.39, 0.29) is 0 Å². The van der Waals surface area contributed by atoms with Crippen molar-refractivity contribution >= 4 is 15.4 Å². The van der Waals surface area contributed by atoms with E-state index in [0.29, 0.717) is 12.2 Å². The summed E-state index contributed by atoms with van der Waals surface area (Å²) in [6.07, 6.45) is 4.87. The molecule has 0 bridgehead atoms. The Morgan fingerprint density at radius 1 is 1.24 bits per heavy atom. The van der Waals surface area contributed by atoms with Crippen LogP contribution in [0.15, 0.2) is 0 Å². The van der Waals surface area contributed by atoms with Crippen LogP contribution in [-0.2, 0) is 9.16 Å². The van der Waals surface area contributed by atoms with E-state index in [1.807, 2.05) is 0 Å². The molecule has 2 aliphatic rings. The van der Waals surface area contributed by atoms with Crippen molar-refractivity contribution in [3.05, 3.63) is 0 Å². The van der Waals surface area contributed by atoms with Crippen LogP contribution >= 0.6 is 0 Å². The van der Waals surface area contributed by atoms with E-state index < -0.39 is 15.4 Å². The molecule has 0 aromatic rings. The van der Waals surface area contributed by atoms with Gasteiger partial charge in [0.1, 0.15) is 0 Å². The maximum Gasteiger partial charge on any atom is 0.174 e. The van der Waals surface area contributed by atoms with Crippen molar-refractivity contribution in [2.24, 2.45) is 5.92 Å². The largest absolute Gasteiger partial charge is 0.417 e. The summed E-state index contributed by atoms with van der Waals surface area (Å²) in [5, 5.41) is 0. The van der Waals surface area contributed by atoms with Gasteiger partial charge >= 0.3 is 0 Å². The van der Waals surface area contributed by atoms with E-state index in [0.717, 1.165) is 12.5 Å². The second-order valence-electron chi connectivity index (χ2n) is 6.95. The lowest BCUT2D eigenvalue weighted by molar-refractivity contribution is 0.105. The van der Waals surface area contributed by atoms with Crippen LogP contribution in [0, 0.1) is 5.92 Å². The zero-order valence-electron chi connectivity index (χ0n) is 12.1. The first-order valence-corrected chi connectivity index (χ1v) is 14.3. The SMILES string of the molecule is CCC(CC1CO1)C1CC[Si](C)(C)[Si](C)(C)O1. The molecule has 0 N–H and O–H groups in total. The highest BCUT2D eigenvalue weighted by Crippen LogP contribution is 2.38. The molecule has 0 saturated carbocycles. The monoisotopic (exact) mass is 272 g/mol. The third-order valence-corrected chi connectivity index (χ3v) is 21.7. The van der Waals surface area contributed by atoms with E-state index in [9.17, 15) is 0 Å². The highest BCUT2D eigenvalue weighted by atomic mass is 29.3. The average molecular weight is 273 g/mol. The number of epoxide rings is 1. The van der Waals surface area contributed by atoms with Gasteiger partial charge in [0, 0.05) is 6.10 Å². The van der Waals surface area contributed by atoms with Crippen LogP contribution in [0.2, 0.25) is 32.2 Å². The van der Waals surface area contributed by atoms with Crippen LogP contribution in [0.1, 0.15) is 26.2 Å². The topological polar surface area (TPSA) is 21.8 Å². The van der Waals surface area contributed by atoms with Gasteiger partial charge in [-0.2, -0.15) is 0 Å². The average Bonchev–Trinajstić information content (AvgIpc) is 3.03. The lowest BCUT2D eigenvalue weighted by Gasteiger charge is -2.47. The summed E-state index contributed by atoms with van der Waals surface area (Å²) in [5.74, 6) is 0.736. The molecule has 17 heavy (non-hydrogen) atoms. The van der Waals surface area contributed by atoms with Crippen molar-refractivity contribution in [2.45, 2.75) is 70.6 Å². The van der Waals surface area contributed by atoms with Gasteiger partial charge in [0.2, 0.25) is 0 Å². The molecule has 2 nitrogen and oxygen atoms in total. The zero-order chi connectivity index (χ0) is 12.7. The van der Waals surface area contributed by atoms with Gasteiger partial charge in [-0.15, -0.1) is 0 Å². The fourth-order valence-electron chi connectivity index (χ4n) is 2.86. The number of hydrogen-bond acceptors (Lipinski definition) is 2. The molecule has 3 atom stereocenters. The van der Waals surface area contributed by atoms with Crippen LogP contribution in [-0.4, -0.2) is 34.2 Å². The second kappa shape index (κ2) is 4.80. The first-order chi connectivity index (χ1) is 7.86. The summed E-state index contributed by atoms with van der Waals surface area (Å²) in [6.45, 7) is 13.3. The predicted molar refractivity (Wildman–Crippen MR) is 77.4 cm³/mol. The molecule has 4 heteroatoms. The van der Waals surface area contributed by atoms with Crippen molar-refractivity contribution in [1.29, 1.82) is 0 Å².